The lowest BCUT2D eigenvalue weighted by molar-refractivity contribution is -0.393. The highest BCUT2D eigenvalue weighted by atomic mass is 16.6. The predicted molar refractivity (Wildman–Crippen MR) is 52.3 cm³/mol. The van der Waals surface area contributed by atoms with E-state index < -0.39 is 21.2 Å². The van der Waals surface area contributed by atoms with Crippen molar-refractivity contribution in [2.75, 3.05) is 5.43 Å². The number of hydrazine groups is 1. The molecular weight excluding hydrogens is 218 g/mol. The van der Waals surface area contributed by atoms with Gasteiger partial charge in [0.05, 0.1) is 21.5 Å². The van der Waals surface area contributed by atoms with Gasteiger partial charge in [0.1, 0.15) is 11.8 Å². The Labute approximate surface area is 88.4 Å². The van der Waals surface area contributed by atoms with Crippen LogP contribution >= 0.6 is 0 Å². The molecule has 1 rings (SSSR count). The van der Waals surface area contributed by atoms with Gasteiger partial charge in [-0.05, 0) is 0 Å². The molecule has 0 saturated heterocycles. The molecule has 0 aromatic heterocycles. The molecule has 0 radical (unpaired) electrons. The fraction of sp³-hybridized carbons (Fsp3) is 0. The summed E-state index contributed by atoms with van der Waals surface area (Å²) in [5, 5.41) is 29.7. The lowest BCUT2D eigenvalue weighted by Crippen LogP contribution is -2.11. The van der Waals surface area contributed by atoms with Crippen LogP contribution in [0.2, 0.25) is 0 Å². The number of nitriles is 1. The van der Waals surface area contributed by atoms with Gasteiger partial charge in [-0.2, -0.15) is 5.26 Å². The standard InChI is InChI=1S/C7H5N5O4/c8-3-4-1-5(11(13)14)2-6(12(15)16)7(4)10-9/h1-2,10H,9H2. The molecule has 0 aliphatic carbocycles. The fourth-order valence-electron chi connectivity index (χ4n) is 1.10. The summed E-state index contributed by atoms with van der Waals surface area (Å²) in [7, 11) is 0. The summed E-state index contributed by atoms with van der Waals surface area (Å²) in [6.07, 6.45) is 0. The maximum absolute atomic E-state index is 10.6. The normalized spacial score (nSPS) is 9.25. The smallest absolute Gasteiger partial charge is 0.301 e. The Morgan fingerprint density at radius 3 is 2.31 bits per heavy atom. The van der Waals surface area contributed by atoms with E-state index in [1.54, 1.807) is 6.07 Å². The third-order valence-electron chi connectivity index (χ3n) is 1.77. The van der Waals surface area contributed by atoms with E-state index in [9.17, 15) is 20.2 Å². The summed E-state index contributed by atoms with van der Waals surface area (Å²) in [4.78, 5) is 19.4. The minimum Gasteiger partial charge on any atom is -0.317 e. The summed E-state index contributed by atoms with van der Waals surface area (Å²) in [6.45, 7) is 0. The van der Waals surface area contributed by atoms with Crippen LogP contribution < -0.4 is 11.3 Å². The van der Waals surface area contributed by atoms with Crippen molar-refractivity contribution in [3.8, 4) is 6.07 Å². The van der Waals surface area contributed by atoms with Crippen molar-refractivity contribution in [3.63, 3.8) is 0 Å². The Hall–Kier alpha value is -2.73. The van der Waals surface area contributed by atoms with Gasteiger partial charge in [-0.15, -0.1) is 0 Å². The van der Waals surface area contributed by atoms with Crippen molar-refractivity contribution >= 4 is 17.1 Å². The first-order valence-corrected chi connectivity index (χ1v) is 3.84. The van der Waals surface area contributed by atoms with Crippen LogP contribution in [-0.4, -0.2) is 9.85 Å². The molecule has 3 N–H and O–H groups in total. The average molecular weight is 223 g/mol. The average Bonchev–Trinajstić information content (AvgIpc) is 2.26. The van der Waals surface area contributed by atoms with Gasteiger partial charge in [-0.1, -0.05) is 0 Å². The number of hydrogen-bond donors (Lipinski definition) is 2. The molecule has 82 valence electrons. The quantitative estimate of drug-likeness (QED) is 0.434. The number of anilines is 1. The second-order valence-corrected chi connectivity index (χ2v) is 2.66. The number of rotatable bonds is 3. The van der Waals surface area contributed by atoms with Gasteiger partial charge in [-0.25, -0.2) is 0 Å². The van der Waals surface area contributed by atoms with E-state index in [0.717, 1.165) is 12.1 Å². The summed E-state index contributed by atoms with van der Waals surface area (Å²) in [5.74, 6) is 5.02. The van der Waals surface area contributed by atoms with Crippen molar-refractivity contribution in [1.82, 2.24) is 0 Å². The zero-order valence-electron chi connectivity index (χ0n) is 7.71. The van der Waals surface area contributed by atoms with Crippen LogP contribution in [0.3, 0.4) is 0 Å². The number of nitro groups is 2. The van der Waals surface area contributed by atoms with E-state index in [4.69, 9.17) is 11.1 Å². The molecule has 0 heterocycles. The number of non-ortho nitro benzene ring substituents is 1. The Morgan fingerprint density at radius 1 is 1.31 bits per heavy atom. The van der Waals surface area contributed by atoms with E-state index in [1.165, 1.54) is 0 Å². The van der Waals surface area contributed by atoms with Gasteiger partial charge in [0.2, 0.25) is 0 Å². The molecule has 16 heavy (non-hydrogen) atoms. The molecule has 0 saturated carbocycles. The first kappa shape index (κ1) is 11.3. The second kappa shape index (κ2) is 4.20. The van der Waals surface area contributed by atoms with E-state index >= 15 is 0 Å². The number of nitrogens with two attached hydrogens (primary N) is 1. The summed E-state index contributed by atoms with van der Waals surface area (Å²) < 4.78 is 0. The van der Waals surface area contributed by atoms with Gasteiger partial charge in [0.15, 0.2) is 0 Å². The monoisotopic (exact) mass is 223 g/mol. The Bertz CT molecular complexity index is 506. The van der Waals surface area contributed by atoms with Crippen LogP contribution in [0.4, 0.5) is 17.1 Å². The summed E-state index contributed by atoms with van der Waals surface area (Å²) in [5.41, 5.74) is 0.306. The minimum absolute atomic E-state index is 0.252. The Balaban J connectivity index is 3.57. The van der Waals surface area contributed by atoms with E-state index in [0.29, 0.717) is 0 Å². The lowest BCUT2D eigenvalue weighted by atomic mass is 10.1. The highest BCUT2D eigenvalue weighted by Crippen LogP contribution is 2.31. The Morgan fingerprint density at radius 2 is 1.94 bits per heavy atom. The highest BCUT2D eigenvalue weighted by Gasteiger charge is 2.23. The molecule has 0 aliphatic rings. The Kier molecular flexibility index (Phi) is 2.98. The summed E-state index contributed by atoms with van der Waals surface area (Å²) >= 11 is 0. The van der Waals surface area contributed by atoms with Crippen LogP contribution in [0, 0.1) is 31.6 Å². The van der Waals surface area contributed by atoms with Crippen LogP contribution in [0.25, 0.3) is 0 Å². The molecule has 1 aromatic carbocycles. The van der Waals surface area contributed by atoms with Crippen molar-refractivity contribution in [2.24, 2.45) is 5.84 Å². The zero-order valence-corrected chi connectivity index (χ0v) is 7.71. The molecule has 9 nitrogen and oxygen atoms in total. The molecular formula is C7H5N5O4. The van der Waals surface area contributed by atoms with E-state index in [1.807, 2.05) is 5.43 Å². The van der Waals surface area contributed by atoms with Gasteiger partial charge in [0, 0.05) is 6.07 Å². The first-order valence-electron chi connectivity index (χ1n) is 3.84. The minimum atomic E-state index is -0.858. The van der Waals surface area contributed by atoms with Crippen molar-refractivity contribution in [1.29, 1.82) is 5.26 Å². The topological polar surface area (TPSA) is 148 Å². The SMILES string of the molecule is N#Cc1cc([N+](=O)[O-])cc([N+](=O)[O-])c1NN. The third kappa shape index (κ3) is 1.86. The maximum atomic E-state index is 10.6. The number of nitrogen functional groups attached to an aromatic ring is 1. The number of nitrogens with one attached hydrogen (secondary N) is 1. The van der Waals surface area contributed by atoms with Gasteiger partial charge in [-0.3, -0.25) is 26.1 Å². The molecule has 0 fully saturated rings. The highest BCUT2D eigenvalue weighted by molar-refractivity contribution is 5.73. The zero-order chi connectivity index (χ0) is 12.3. The molecule has 9 heteroatoms. The lowest BCUT2D eigenvalue weighted by Gasteiger charge is -2.03. The van der Waals surface area contributed by atoms with Crippen molar-refractivity contribution in [3.05, 3.63) is 37.9 Å². The molecule has 0 bridgehead atoms. The van der Waals surface area contributed by atoms with Gasteiger partial charge in [0.25, 0.3) is 5.69 Å². The van der Waals surface area contributed by atoms with Crippen LogP contribution in [0.15, 0.2) is 12.1 Å². The van der Waals surface area contributed by atoms with E-state index in [2.05, 4.69) is 0 Å². The van der Waals surface area contributed by atoms with E-state index in [-0.39, 0.29) is 11.3 Å². The van der Waals surface area contributed by atoms with Gasteiger partial charge < -0.3 is 5.43 Å². The van der Waals surface area contributed by atoms with Gasteiger partial charge >= 0.3 is 5.69 Å². The number of nitrogens with zero attached hydrogens (tertiary/aromatic N) is 3. The number of benzene rings is 1. The molecule has 0 amide bonds. The molecule has 0 atom stereocenters. The second-order valence-electron chi connectivity index (χ2n) is 2.66. The van der Waals surface area contributed by atoms with Crippen LogP contribution in [-0.2, 0) is 0 Å². The maximum Gasteiger partial charge on any atom is 0.301 e. The number of nitro benzene ring substituents is 2. The first-order chi connectivity index (χ1) is 7.51. The van der Waals surface area contributed by atoms with Crippen LogP contribution in [0.5, 0.6) is 0 Å². The largest absolute Gasteiger partial charge is 0.317 e. The molecule has 1 aromatic rings. The number of hydrogen-bond acceptors (Lipinski definition) is 7. The van der Waals surface area contributed by atoms with Crippen molar-refractivity contribution in [2.45, 2.75) is 0 Å². The van der Waals surface area contributed by atoms with Crippen LogP contribution in [0.1, 0.15) is 5.56 Å². The predicted octanol–water partition coefficient (Wildman–Crippen LogP) is 0.660. The molecule has 0 spiro atoms. The molecule has 0 unspecified atom stereocenters. The third-order valence-corrected chi connectivity index (χ3v) is 1.77. The van der Waals surface area contributed by atoms with Crippen molar-refractivity contribution < 1.29 is 9.85 Å². The summed E-state index contributed by atoms with van der Waals surface area (Å²) in [6, 6.07) is 3.22. The fourth-order valence-corrected chi connectivity index (χ4v) is 1.10. The molecule has 0 aliphatic heterocycles.